The summed E-state index contributed by atoms with van der Waals surface area (Å²) in [5.74, 6) is 0.769. The highest BCUT2D eigenvalue weighted by molar-refractivity contribution is 7.98. The minimum Gasteiger partial charge on any atom is -0.306 e. The first-order valence-electron chi connectivity index (χ1n) is 8.96. The minimum atomic E-state index is 0.319. The van der Waals surface area contributed by atoms with Crippen LogP contribution in [-0.2, 0) is 13.0 Å². The number of rotatable bonds is 5. The molecule has 132 valence electrons. The Bertz CT molecular complexity index is 882. The van der Waals surface area contributed by atoms with Gasteiger partial charge in [-0.25, -0.2) is 9.97 Å². The van der Waals surface area contributed by atoms with Gasteiger partial charge in [0.05, 0.1) is 0 Å². The van der Waals surface area contributed by atoms with E-state index in [1.54, 1.807) is 18.0 Å². The Kier molecular flexibility index (Phi) is 5.27. The average molecular weight is 363 g/mol. The molecule has 1 aliphatic carbocycles. The summed E-state index contributed by atoms with van der Waals surface area (Å²) in [6.07, 6.45) is 11.0. The zero-order valence-corrected chi connectivity index (χ0v) is 15.7. The number of benzene rings is 1. The second-order valence-electron chi connectivity index (χ2n) is 6.51. The van der Waals surface area contributed by atoms with E-state index in [0.717, 1.165) is 37.2 Å². The number of hydrogen-bond acceptors (Lipinski definition) is 5. The van der Waals surface area contributed by atoms with E-state index in [0.29, 0.717) is 6.04 Å². The normalized spacial score (nSPS) is 16.3. The molecule has 2 aromatic heterocycles. The van der Waals surface area contributed by atoms with Gasteiger partial charge in [-0.3, -0.25) is 4.98 Å². The molecule has 0 fully saturated rings. The summed E-state index contributed by atoms with van der Waals surface area (Å²) in [7, 11) is 0. The van der Waals surface area contributed by atoms with Crippen LogP contribution in [0.2, 0.25) is 0 Å². The van der Waals surface area contributed by atoms with Crippen molar-refractivity contribution >= 4 is 11.8 Å². The standard InChI is InChI=1S/C21H22N4S/c1-26-17-7-2-5-15(11-17)12-23-19-8-3-9-20-18(19)14-24-21(25-20)16-6-4-10-22-13-16/h2,4-7,10-11,13-14,19,23H,3,8-9,12H2,1H3. The highest BCUT2D eigenvalue weighted by atomic mass is 32.2. The number of hydrogen-bond donors (Lipinski definition) is 1. The molecule has 26 heavy (non-hydrogen) atoms. The van der Waals surface area contributed by atoms with E-state index in [-0.39, 0.29) is 0 Å². The monoisotopic (exact) mass is 362 g/mol. The summed E-state index contributed by atoms with van der Waals surface area (Å²) in [5.41, 5.74) is 4.70. The van der Waals surface area contributed by atoms with E-state index in [1.165, 1.54) is 21.7 Å². The summed E-state index contributed by atoms with van der Waals surface area (Å²) in [4.78, 5) is 14.9. The summed E-state index contributed by atoms with van der Waals surface area (Å²) in [5, 5.41) is 3.70. The van der Waals surface area contributed by atoms with Crippen LogP contribution in [0.1, 0.15) is 35.7 Å². The smallest absolute Gasteiger partial charge is 0.160 e. The summed E-state index contributed by atoms with van der Waals surface area (Å²) < 4.78 is 0. The molecular formula is C21H22N4S. The van der Waals surface area contributed by atoms with Gasteiger partial charge >= 0.3 is 0 Å². The third kappa shape index (κ3) is 3.79. The van der Waals surface area contributed by atoms with Gasteiger partial charge in [0.1, 0.15) is 0 Å². The van der Waals surface area contributed by atoms with E-state index in [1.807, 2.05) is 24.5 Å². The molecule has 2 heterocycles. The van der Waals surface area contributed by atoms with Crippen molar-refractivity contribution in [3.8, 4) is 11.4 Å². The molecule has 4 nitrogen and oxygen atoms in total. The molecule has 5 heteroatoms. The highest BCUT2D eigenvalue weighted by Crippen LogP contribution is 2.30. The summed E-state index contributed by atoms with van der Waals surface area (Å²) >= 11 is 1.78. The second kappa shape index (κ2) is 7.98. The Balaban J connectivity index is 1.52. The van der Waals surface area contributed by atoms with Crippen molar-refractivity contribution in [2.24, 2.45) is 0 Å². The van der Waals surface area contributed by atoms with E-state index >= 15 is 0 Å². The maximum atomic E-state index is 4.82. The van der Waals surface area contributed by atoms with E-state index < -0.39 is 0 Å². The van der Waals surface area contributed by atoms with Gasteiger partial charge in [0.2, 0.25) is 0 Å². The van der Waals surface area contributed by atoms with Crippen LogP contribution in [0, 0.1) is 0 Å². The number of fused-ring (bicyclic) bond motifs is 1. The molecule has 0 radical (unpaired) electrons. The van der Waals surface area contributed by atoms with Gasteiger partial charge in [-0.15, -0.1) is 11.8 Å². The molecule has 0 aliphatic heterocycles. The summed E-state index contributed by atoms with van der Waals surface area (Å²) in [6, 6.07) is 13.0. The molecule has 0 saturated heterocycles. The Morgan fingerprint density at radius 2 is 2.15 bits per heavy atom. The van der Waals surface area contributed by atoms with Crippen LogP contribution in [0.15, 0.2) is 59.9 Å². The molecule has 1 aromatic carbocycles. The maximum Gasteiger partial charge on any atom is 0.160 e. The second-order valence-corrected chi connectivity index (χ2v) is 7.39. The number of aromatic nitrogens is 3. The predicted molar refractivity (Wildman–Crippen MR) is 106 cm³/mol. The van der Waals surface area contributed by atoms with Crippen molar-refractivity contribution in [2.75, 3.05) is 6.26 Å². The van der Waals surface area contributed by atoms with Crippen LogP contribution in [-0.4, -0.2) is 21.2 Å². The van der Waals surface area contributed by atoms with Crippen molar-refractivity contribution in [1.82, 2.24) is 20.3 Å². The zero-order chi connectivity index (χ0) is 17.8. The van der Waals surface area contributed by atoms with Gasteiger partial charge in [0.25, 0.3) is 0 Å². The van der Waals surface area contributed by atoms with Gasteiger partial charge < -0.3 is 5.32 Å². The lowest BCUT2D eigenvalue weighted by Gasteiger charge is -2.26. The third-order valence-electron chi connectivity index (χ3n) is 4.79. The lowest BCUT2D eigenvalue weighted by Crippen LogP contribution is -2.26. The SMILES string of the molecule is CSc1cccc(CNC2CCCc3nc(-c4cccnc4)ncc32)c1. The first-order valence-corrected chi connectivity index (χ1v) is 10.2. The highest BCUT2D eigenvalue weighted by Gasteiger charge is 2.22. The third-order valence-corrected chi connectivity index (χ3v) is 5.51. The number of nitrogens with one attached hydrogen (secondary N) is 1. The fraction of sp³-hybridized carbons (Fsp3) is 0.286. The minimum absolute atomic E-state index is 0.319. The molecular weight excluding hydrogens is 340 g/mol. The summed E-state index contributed by atoms with van der Waals surface area (Å²) in [6.45, 7) is 0.864. The lowest BCUT2D eigenvalue weighted by atomic mass is 9.92. The Morgan fingerprint density at radius 1 is 1.19 bits per heavy atom. The van der Waals surface area contributed by atoms with Crippen molar-refractivity contribution in [3.05, 3.63) is 71.8 Å². The van der Waals surface area contributed by atoms with Crippen molar-refractivity contribution in [3.63, 3.8) is 0 Å². The molecule has 1 unspecified atom stereocenters. The number of nitrogens with zero attached hydrogens (tertiary/aromatic N) is 3. The molecule has 1 aliphatic rings. The van der Waals surface area contributed by atoms with Crippen molar-refractivity contribution in [1.29, 1.82) is 0 Å². The predicted octanol–water partition coefficient (Wildman–Crippen LogP) is 4.43. The van der Waals surface area contributed by atoms with Crippen LogP contribution in [0.5, 0.6) is 0 Å². The fourth-order valence-corrected chi connectivity index (χ4v) is 3.90. The van der Waals surface area contributed by atoms with E-state index in [9.17, 15) is 0 Å². The van der Waals surface area contributed by atoms with Gasteiger partial charge in [0.15, 0.2) is 5.82 Å². The molecule has 3 aromatic rings. The maximum absolute atomic E-state index is 4.82. The molecule has 0 saturated carbocycles. The molecule has 0 bridgehead atoms. The van der Waals surface area contributed by atoms with Crippen LogP contribution < -0.4 is 5.32 Å². The van der Waals surface area contributed by atoms with Crippen LogP contribution in [0.25, 0.3) is 11.4 Å². The number of aryl methyl sites for hydroxylation is 1. The van der Waals surface area contributed by atoms with Gasteiger partial charge in [0, 0.05) is 52.9 Å². The quantitative estimate of drug-likeness (QED) is 0.681. The molecule has 1 N–H and O–H groups in total. The Labute approximate surface area is 158 Å². The average Bonchev–Trinajstić information content (AvgIpc) is 2.72. The van der Waals surface area contributed by atoms with E-state index in [2.05, 4.69) is 45.8 Å². The molecule has 0 spiro atoms. The van der Waals surface area contributed by atoms with Gasteiger partial charge in [-0.1, -0.05) is 12.1 Å². The Morgan fingerprint density at radius 3 is 3.00 bits per heavy atom. The first kappa shape index (κ1) is 17.2. The Hall–Kier alpha value is -2.24. The van der Waals surface area contributed by atoms with Crippen LogP contribution in [0.4, 0.5) is 0 Å². The number of pyridine rings is 1. The molecule has 1 atom stereocenters. The van der Waals surface area contributed by atoms with Crippen LogP contribution in [0.3, 0.4) is 0 Å². The van der Waals surface area contributed by atoms with Crippen molar-refractivity contribution < 1.29 is 0 Å². The topological polar surface area (TPSA) is 50.7 Å². The zero-order valence-electron chi connectivity index (χ0n) is 14.9. The largest absolute Gasteiger partial charge is 0.306 e. The van der Waals surface area contributed by atoms with Crippen LogP contribution >= 0.6 is 11.8 Å². The van der Waals surface area contributed by atoms with E-state index in [4.69, 9.17) is 4.98 Å². The lowest BCUT2D eigenvalue weighted by molar-refractivity contribution is 0.452. The van der Waals surface area contributed by atoms with Gasteiger partial charge in [-0.2, -0.15) is 0 Å². The van der Waals surface area contributed by atoms with Gasteiger partial charge in [-0.05, 0) is 55.3 Å². The number of thioether (sulfide) groups is 1. The molecule has 0 amide bonds. The van der Waals surface area contributed by atoms with Crippen molar-refractivity contribution in [2.45, 2.75) is 36.7 Å². The fourth-order valence-electron chi connectivity index (χ4n) is 3.42. The first-order chi connectivity index (χ1) is 12.8. The molecule has 4 rings (SSSR count).